The molecule has 0 radical (unpaired) electrons. The van der Waals surface area contributed by atoms with Crippen LogP contribution in [0, 0.1) is 0 Å². The van der Waals surface area contributed by atoms with Gasteiger partial charge in [-0.05, 0) is 26.7 Å². The van der Waals surface area contributed by atoms with Gasteiger partial charge in [0.1, 0.15) is 6.54 Å². The zero-order chi connectivity index (χ0) is 19.9. The minimum Gasteiger partial charge on any atom is -0.378 e. The van der Waals surface area contributed by atoms with E-state index in [2.05, 4.69) is 50.7 Å². The molecule has 14 nitrogen and oxygen atoms in total. The SMILES string of the molecule is Nc1nonc1N=NN(CC(=O)N/N=C/c1ccccc1Cl)c1nonc1N. The molecule has 2 aromatic heterocycles. The van der Waals surface area contributed by atoms with E-state index in [1.807, 2.05) is 0 Å². The van der Waals surface area contributed by atoms with Gasteiger partial charge in [0.05, 0.1) is 6.21 Å². The van der Waals surface area contributed by atoms with Crippen LogP contribution in [0.4, 0.5) is 23.3 Å². The van der Waals surface area contributed by atoms with Crippen molar-refractivity contribution in [2.45, 2.75) is 0 Å². The molecule has 1 amide bonds. The van der Waals surface area contributed by atoms with Crippen LogP contribution in [-0.2, 0) is 4.79 Å². The summed E-state index contributed by atoms with van der Waals surface area (Å²) in [5.41, 5.74) is 14.1. The van der Waals surface area contributed by atoms with E-state index in [4.69, 9.17) is 23.1 Å². The van der Waals surface area contributed by atoms with Gasteiger partial charge in [0.25, 0.3) is 11.7 Å². The third kappa shape index (κ3) is 4.55. The summed E-state index contributed by atoms with van der Waals surface area (Å²) < 4.78 is 8.91. The van der Waals surface area contributed by atoms with E-state index in [9.17, 15) is 4.79 Å². The maximum atomic E-state index is 12.2. The highest BCUT2D eigenvalue weighted by molar-refractivity contribution is 6.33. The number of amides is 1. The maximum Gasteiger partial charge on any atom is 0.263 e. The first kappa shape index (κ1) is 18.7. The molecular weight excluding hydrogens is 394 g/mol. The molecule has 0 aliphatic carbocycles. The zero-order valence-electron chi connectivity index (χ0n) is 13.9. The van der Waals surface area contributed by atoms with Crippen LogP contribution in [0.2, 0.25) is 5.02 Å². The van der Waals surface area contributed by atoms with Gasteiger partial charge in [-0.3, -0.25) is 4.79 Å². The Hall–Kier alpha value is -4.07. The van der Waals surface area contributed by atoms with E-state index < -0.39 is 5.91 Å². The molecule has 5 N–H and O–H groups in total. The van der Waals surface area contributed by atoms with Crippen molar-refractivity contribution in [2.24, 2.45) is 15.4 Å². The Kier molecular flexibility index (Phi) is 5.71. The molecule has 0 aliphatic rings. The molecular formula is C13H12ClN11O3. The Bertz CT molecular complexity index is 1010. The summed E-state index contributed by atoms with van der Waals surface area (Å²) in [7, 11) is 0. The number of carbonyl (C=O) groups is 1. The van der Waals surface area contributed by atoms with Crippen molar-refractivity contribution in [3.63, 3.8) is 0 Å². The zero-order valence-corrected chi connectivity index (χ0v) is 14.7. The Labute approximate surface area is 161 Å². The van der Waals surface area contributed by atoms with Gasteiger partial charge in [-0.15, -0.1) is 5.11 Å². The number of rotatable bonds is 7. The average Bonchev–Trinajstić information content (AvgIpc) is 3.28. The van der Waals surface area contributed by atoms with Gasteiger partial charge in [-0.1, -0.05) is 35.0 Å². The number of nitrogens with one attached hydrogen (secondary N) is 1. The summed E-state index contributed by atoms with van der Waals surface area (Å²) in [6.45, 7) is -0.382. The van der Waals surface area contributed by atoms with Crippen molar-refractivity contribution in [3.8, 4) is 0 Å². The lowest BCUT2D eigenvalue weighted by atomic mass is 10.2. The predicted molar refractivity (Wildman–Crippen MR) is 96.5 cm³/mol. The molecule has 0 atom stereocenters. The lowest BCUT2D eigenvalue weighted by Crippen LogP contribution is -2.32. The molecule has 0 unspecified atom stereocenters. The van der Waals surface area contributed by atoms with Gasteiger partial charge in [0, 0.05) is 10.6 Å². The van der Waals surface area contributed by atoms with Crippen molar-refractivity contribution in [2.75, 3.05) is 23.0 Å². The number of hydrogen-bond acceptors (Lipinski definition) is 12. The summed E-state index contributed by atoms with van der Waals surface area (Å²) in [6, 6.07) is 6.98. The Morgan fingerprint density at radius 3 is 2.61 bits per heavy atom. The summed E-state index contributed by atoms with van der Waals surface area (Å²) in [4.78, 5) is 12.2. The first-order valence-electron chi connectivity index (χ1n) is 7.46. The Balaban J connectivity index is 1.69. The van der Waals surface area contributed by atoms with Gasteiger partial charge >= 0.3 is 0 Å². The molecule has 1 aromatic carbocycles. The van der Waals surface area contributed by atoms with Crippen LogP contribution >= 0.6 is 11.6 Å². The molecule has 28 heavy (non-hydrogen) atoms. The third-order valence-electron chi connectivity index (χ3n) is 3.07. The van der Waals surface area contributed by atoms with E-state index in [0.717, 1.165) is 5.01 Å². The number of hydrazone groups is 1. The molecule has 2 heterocycles. The second-order valence-corrected chi connectivity index (χ2v) is 5.42. The molecule has 0 spiro atoms. The third-order valence-corrected chi connectivity index (χ3v) is 3.42. The molecule has 3 rings (SSSR count). The number of halogens is 1. The van der Waals surface area contributed by atoms with Crippen molar-refractivity contribution in [1.29, 1.82) is 0 Å². The largest absolute Gasteiger partial charge is 0.378 e. The quantitative estimate of drug-likeness (QED) is 0.288. The maximum absolute atomic E-state index is 12.2. The summed E-state index contributed by atoms with van der Waals surface area (Å²) in [5, 5.41) is 26.6. The van der Waals surface area contributed by atoms with E-state index >= 15 is 0 Å². The predicted octanol–water partition coefficient (Wildman–Crippen LogP) is 0.926. The number of nitrogens with two attached hydrogens (primary N) is 2. The lowest BCUT2D eigenvalue weighted by molar-refractivity contribution is -0.119. The molecule has 15 heteroatoms. The van der Waals surface area contributed by atoms with Crippen molar-refractivity contribution < 1.29 is 14.1 Å². The Morgan fingerprint density at radius 1 is 1.18 bits per heavy atom. The van der Waals surface area contributed by atoms with Crippen LogP contribution in [0.15, 0.2) is 49.0 Å². The number of benzene rings is 1. The number of aromatic nitrogens is 4. The van der Waals surface area contributed by atoms with E-state index in [-0.39, 0.29) is 29.8 Å². The first-order chi connectivity index (χ1) is 13.5. The summed E-state index contributed by atoms with van der Waals surface area (Å²) in [6.07, 6.45) is 1.39. The number of carbonyl (C=O) groups excluding carboxylic acids is 1. The highest BCUT2D eigenvalue weighted by Crippen LogP contribution is 2.21. The first-order valence-corrected chi connectivity index (χ1v) is 7.84. The standard InChI is InChI=1S/C13H12ClN11O3/c14-8-4-2-1-3-7(8)5-17-18-9(26)6-25(13-11(16)21-28-23-13)24-19-12-10(15)20-27-22-12/h1-5H,6H2,(H2,15,20)(H2,16,21)(H,18,26)/b17-5+,24-19?. The van der Waals surface area contributed by atoms with Crippen molar-refractivity contribution >= 4 is 47.0 Å². The smallest absolute Gasteiger partial charge is 0.263 e. The molecule has 3 aromatic rings. The van der Waals surface area contributed by atoms with Crippen LogP contribution < -0.4 is 21.9 Å². The van der Waals surface area contributed by atoms with Gasteiger partial charge in [-0.25, -0.2) is 19.7 Å². The topological polar surface area (TPSA) is 199 Å². The number of anilines is 3. The fourth-order valence-corrected chi connectivity index (χ4v) is 1.98. The van der Waals surface area contributed by atoms with Gasteiger partial charge in [-0.2, -0.15) is 5.10 Å². The monoisotopic (exact) mass is 405 g/mol. The summed E-state index contributed by atoms with van der Waals surface area (Å²) >= 11 is 6.00. The highest BCUT2D eigenvalue weighted by Gasteiger charge is 2.19. The highest BCUT2D eigenvalue weighted by atomic mass is 35.5. The molecule has 0 saturated heterocycles. The second kappa shape index (κ2) is 8.54. The average molecular weight is 406 g/mol. The van der Waals surface area contributed by atoms with Crippen LogP contribution in [0.5, 0.6) is 0 Å². The van der Waals surface area contributed by atoms with Gasteiger partial charge < -0.3 is 11.5 Å². The molecule has 0 fully saturated rings. The van der Waals surface area contributed by atoms with E-state index in [1.165, 1.54) is 6.21 Å². The van der Waals surface area contributed by atoms with Gasteiger partial charge in [0.2, 0.25) is 17.5 Å². The van der Waals surface area contributed by atoms with Gasteiger partial charge in [0.15, 0.2) is 0 Å². The van der Waals surface area contributed by atoms with Crippen LogP contribution in [0.3, 0.4) is 0 Å². The van der Waals surface area contributed by atoms with Crippen molar-refractivity contribution in [1.82, 2.24) is 26.1 Å². The number of nitrogens with zero attached hydrogens (tertiary/aromatic N) is 8. The summed E-state index contributed by atoms with van der Waals surface area (Å²) in [5.74, 6) is -0.932. The van der Waals surface area contributed by atoms with E-state index in [0.29, 0.717) is 10.6 Å². The van der Waals surface area contributed by atoms with Crippen LogP contribution in [0.25, 0.3) is 0 Å². The minimum atomic E-state index is -0.573. The molecule has 0 aliphatic heterocycles. The molecule has 0 saturated carbocycles. The van der Waals surface area contributed by atoms with Crippen LogP contribution in [-0.4, -0.2) is 39.3 Å². The number of nitrogen functional groups attached to an aromatic ring is 2. The Morgan fingerprint density at radius 2 is 1.93 bits per heavy atom. The second-order valence-electron chi connectivity index (χ2n) is 5.01. The lowest BCUT2D eigenvalue weighted by Gasteiger charge is -2.12. The number of hydrogen-bond donors (Lipinski definition) is 3. The molecule has 144 valence electrons. The molecule has 0 bridgehead atoms. The minimum absolute atomic E-state index is 0.0518. The van der Waals surface area contributed by atoms with E-state index in [1.54, 1.807) is 24.3 Å². The van der Waals surface area contributed by atoms with Crippen molar-refractivity contribution in [3.05, 3.63) is 34.9 Å². The fourth-order valence-electron chi connectivity index (χ4n) is 1.80. The fraction of sp³-hybridized carbons (Fsp3) is 0.0769. The van der Waals surface area contributed by atoms with Crippen LogP contribution in [0.1, 0.15) is 5.56 Å². The normalized spacial score (nSPS) is 11.3.